The molecule has 30 heavy (non-hydrogen) atoms. The standard InChI is InChI=1S/C22H28N6OS/c1-14(2)21-24-15(3)11-19(25-21)28-9-7-27(8-10-28)13-20(29)26-22-17(12-23)16-5-4-6-18(16)30-22/h11,14H,4-10,13H2,1-3H3,(H,26,29)/p+1. The summed E-state index contributed by atoms with van der Waals surface area (Å²) in [6.07, 6.45) is 3.10. The highest BCUT2D eigenvalue weighted by Gasteiger charge is 2.26. The molecular formula is C22H29N6OS+. The van der Waals surface area contributed by atoms with Crippen LogP contribution in [0.15, 0.2) is 6.07 Å². The number of nitrogens with zero attached hydrogens (tertiary/aromatic N) is 4. The van der Waals surface area contributed by atoms with Crippen molar-refractivity contribution in [1.82, 2.24) is 9.97 Å². The van der Waals surface area contributed by atoms with Gasteiger partial charge in [0.2, 0.25) is 0 Å². The first-order valence-corrected chi connectivity index (χ1v) is 11.5. The van der Waals surface area contributed by atoms with E-state index in [-0.39, 0.29) is 5.91 Å². The highest BCUT2D eigenvalue weighted by molar-refractivity contribution is 7.16. The van der Waals surface area contributed by atoms with Crippen molar-refractivity contribution in [2.45, 2.75) is 46.0 Å². The summed E-state index contributed by atoms with van der Waals surface area (Å²) in [5, 5.41) is 13.2. The highest BCUT2D eigenvalue weighted by atomic mass is 32.1. The zero-order chi connectivity index (χ0) is 21.3. The molecular weight excluding hydrogens is 396 g/mol. The number of aromatic nitrogens is 2. The maximum atomic E-state index is 12.6. The van der Waals surface area contributed by atoms with E-state index in [0.717, 1.165) is 73.3 Å². The van der Waals surface area contributed by atoms with Gasteiger partial charge in [-0.3, -0.25) is 4.79 Å². The molecule has 0 bridgehead atoms. The quantitative estimate of drug-likeness (QED) is 0.761. The molecule has 2 aliphatic rings. The predicted molar refractivity (Wildman–Crippen MR) is 118 cm³/mol. The van der Waals surface area contributed by atoms with E-state index >= 15 is 0 Å². The summed E-state index contributed by atoms with van der Waals surface area (Å²) in [5.41, 5.74) is 2.83. The van der Waals surface area contributed by atoms with Gasteiger partial charge < -0.3 is 15.1 Å². The molecule has 0 saturated carbocycles. The fourth-order valence-corrected chi connectivity index (χ4v) is 5.49. The van der Waals surface area contributed by atoms with Gasteiger partial charge in [0, 0.05) is 22.6 Å². The van der Waals surface area contributed by atoms with Crippen molar-refractivity contribution >= 4 is 28.1 Å². The zero-order valence-electron chi connectivity index (χ0n) is 17.9. The first kappa shape index (κ1) is 20.8. The molecule has 2 aromatic rings. The number of hydrogen-bond donors (Lipinski definition) is 2. The van der Waals surface area contributed by atoms with Crippen molar-refractivity contribution in [2.75, 3.05) is 42.9 Å². The van der Waals surface area contributed by atoms with Crippen LogP contribution in [0.1, 0.15) is 53.7 Å². The van der Waals surface area contributed by atoms with Crippen LogP contribution in [-0.2, 0) is 17.6 Å². The molecule has 4 rings (SSSR count). The molecule has 7 nitrogen and oxygen atoms in total. The van der Waals surface area contributed by atoms with E-state index in [0.29, 0.717) is 18.0 Å². The van der Waals surface area contributed by atoms with Gasteiger partial charge in [-0.2, -0.15) is 5.26 Å². The number of quaternary nitrogens is 1. The fraction of sp³-hybridized carbons (Fsp3) is 0.545. The molecule has 0 aromatic carbocycles. The number of anilines is 2. The Morgan fingerprint density at radius 3 is 2.80 bits per heavy atom. The molecule has 2 aromatic heterocycles. The van der Waals surface area contributed by atoms with Crippen molar-refractivity contribution in [2.24, 2.45) is 0 Å². The SMILES string of the molecule is Cc1cc(N2CC[NH+](CC(=O)Nc3sc4c(c3C#N)CCC4)CC2)nc(C(C)C)n1. The molecule has 1 aliphatic carbocycles. The Bertz CT molecular complexity index is 984. The van der Waals surface area contributed by atoms with E-state index in [1.807, 2.05) is 13.0 Å². The van der Waals surface area contributed by atoms with Crippen LogP contribution in [0.2, 0.25) is 0 Å². The summed E-state index contributed by atoms with van der Waals surface area (Å²) in [5.74, 6) is 2.17. The van der Waals surface area contributed by atoms with E-state index in [2.05, 4.69) is 35.1 Å². The van der Waals surface area contributed by atoms with Gasteiger partial charge in [-0.05, 0) is 31.7 Å². The zero-order valence-corrected chi connectivity index (χ0v) is 18.7. The number of aryl methyl sites for hydroxylation is 2. The van der Waals surface area contributed by atoms with E-state index in [1.54, 1.807) is 11.3 Å². The Morgan fingerprint density at radius 1 is 1.33 bits per heavy atom. The van der Waals surface area contributed by atoms with Crippen LogP contribution in [0, 0.1) is 18.3 Å². The lowest BCUT2D eigenvalue weighted by Crippen LogP contribution is -3.15. The van der Waals surface area contributed by atoms with Crippen LogP contribution in [0.3, 0.4) is 0 Å². The molecule has 158 valence electrons. The van der Waals surface area contributed by atoms with Crippen molar-refractivity contribution in [3.8, 4) is 6.07 Å². The van der Waals surface area contributed by atoms with Crippen LogP contribution in [-0.4, -0.2) is 48.6 Å². The van der Waals surface area contributed by atoms with Gasteiger partial charge in [-0.1, -0.05) is 13.8 Å². The summed E-state index contributed by atoms with van der Waals surface area (Å²) < 4.78 is 0. The lowest BCUT2D eigenvalue weighted by atomic mass is 10.1. The third-order valence-corrected chi connectivity index (χ3v) is 7.07. The van der Waals surface area contributed by atoms with Gasteiger partial charge in [0.25, 0.3) is 5.91 Å². The number of hydrogen-bond acceptors (Lipinski definition) is 6. The Kier molecular flexibility index (Phi) is 6.02. The third kappa shape index (κ3) is 4.32. The maximum Gasteiger partial charge on any atom is 0.280 e. The Hall–Kier alpha value is -2.50. The van der Waals surface area contributed by atoms with Gasteiger partial charge >= 0.3 is 0 Å². The number of piperazine rings is 1. The van der Waals surface area contributed by atoms with Crippen LogP contribution >= 0.6 is 11.3 Å². The summed E-state index contributed by atoms with van der Waals surface area (Å²) in [7, 11) is 0. The number of carbonyl (C=O) groups is 1. The van der Waals surface area contributed by atoms with Crippen molar-refractivity contribution in [3.63, 3.8) is 0 Å². The second kappa shape index (κ2) is 8.70. The lowest BCUT2D eigenvalue weighted by Gasteiger charge is -2.32. The minimum absolute atomic E-state index is 0.00477. The molecule has 2 N–H and O–H groups in total. The Morgan fingerprint density at radius 2 is 2.10 bits per heavy atom. The van der Waals surface area contributed by atoms with Crippen LogP contribution in [0.25, 0.3) is 0 Å². The molecule has 3 heterocycles. The molecule has 0 spiro atoms. The molecule has 1 saturated heterocycles. The minimum atomic E-state index is -0.00477. The number of fused-ring (bicyclic) bond motifs is 1. The van der Waals surface area contributed by atoms with E-state index in [4.69, 9.17) is 4.98 Å². The highest BCUT2D eigenvalue weighted by Crippen LogP contribution is 2.38. The number of amides is 1. The van der Waals surface area contributed by atoms with Gasteiger partial charge in [0.1, 0.15) is 22.7 Å². The van der Waals surface area contributed by atoms with E-state index in [9.17, 15) is 10.1 Å². The minimum Gasteiger partial charge on any atom is -0.345 e. The van der Waals surface area contributed by atoms with Crippen LogP contribution < -0.4 is 15.1 Å². The van der Waals surface area contributed by atoms with Crippen LogP contribution in [0.5, 0.6) is 0 Å². The largest absolute Gasteiger partial charge is 0.345 e. The summed E-state index contributed by atoms with van der Waals surface area (Å²) in [6.45, 7) is 10.2. The summed E-state index contributed by atoms with van der Waals surface area (Å²) in [4.78, 5) is 26.7. The second-order valence-electron chi connectivity index (χ2n) is 8.52. The first-order chi connectivity index (χ1) is 14.4. The first-order valence-electron chi connectivity index (χ1n) is 10.7. The van der Waals surface area contributed by atoms with Crippen molar-refractivity contribution in [3.05, 3.63) is 33.6 Å². The normalized spacial score (nSPS) is 16.6. The van der Waals surface area contributed by atoms with Crippen molar-refractivity contribution < 1.29 is 9.69 Å². The van der Waals surface area contributed by atoms with Gasteiger partial charge in [-0.25, -0.2) is 9.97 Å². The second-order valence-corrected chi connectivity index (χ2v) is 9.62. The molecule has 1 aliphatic heterocycles. The average molecular weight is 426 g/mol. The van der Waals surface area contributed by atoms with Gasteiger partial charge in [0.05, 0.1) is 31.7 Å². The predicted octanol–water partition coefficient (Wildman–Crippen LogP) is 1.67. The van der Waals surface area contributed by atoms with Gasteiger partial charge in [-0.15, -0.1) is 11.3 Å². The molecule has 8 heteroatoms. The molecule has 0 atom stereocenters. The molecule has 1 fully saturated rings. The number of nitriles is 1. The number of thiophene rings is 1. The fourth-order valence-electron chi connectivity index (χ4n) is 4.23. The smallest absolute Gasteiger partial charge is 0.280 e. The third-order valence-electron chi connectivity index (χ3n) is 5.87. The Labute approximate surface area is 181 Å². The lowest BCUT2D eigenvalue weighted by molar-refractivity contribution is -0.892. The topological polar surface area (TPSA) is 86.4 Å². The number of nitrogens with one attached hydrogen (secondary N) is 2. The average Bonchev–Trinajstić information content (AvgIpc) is 3.28. The molecule has 1 amide bonds. The van der Waals surface area contributed by atoms with Gasteiger partial charge in [0.15, 0.2) is 6.54 Å². The van der Waals surface area contributed by atoms with Crippen LogP contribution in [0.4, 0.5) is 10.8 Å². The molecule has 0 unspecified atom stereocenters. The number of carbonyl (C=O) groups excluding carboxylic acids is 1. The number of rotatable bonds is 5. The van der Waals surface area contributed by atoms with E-state index < -0.39 is 0 Å². The Balaban J connectivity index is 1.33. The van der Waals surface area contributed by atoms with E-state index in [1.165, 1.54) is 9.78 Å². The summed E-state index contributed by atoms with van der Waals surface area (Å²) in [6, 6.07) is 4.34. The van der Waals surface area contributed by atoms with Crippen molar-refractivity contribution in [1.29, 1.82) is 5.26 Å². The maximum absolute atomic E-state index is 12.6. The summed E-state index contributed by atoms with van der Waals surface area (Å²) >= 11 is 1.58. The monoisotopic (exact) mass is 425 g/mol. The molecule has 0 radical (unpaired) electrons.